The molecule has 0 bridgehead atoms. The Morgan fingerprint density at radius 3 is 1.54 bits per heavy atom. The molecule has 0 heterocycles. The number of carboxylic acids is 1. The molecule has 0 atom stereocenters. The molecule has 0 saturated heterocycles. The van der Waals surface area contributed by atoms with Gasteiger partial charge < -0.3 is 20.1 Å². The second-order valence-corrected chi connectivity index (χ2v) is 6.18. The minimum absolute atomic E-state index is 0.125. The fourth-order valence-electron chi connectivity index (χ4n) is 2.30. The van der Waals surface area contributed by atoms with Crippen LogP contribution in [0.1, 0.15) is 84.0 Å². The van der Waals surface area contributed by atoms with Gasteiger partial charge in [-0.25, -0.2) is 9.59 Å². The van der Waals surface area contributed by atoms with E-state index in [-0.39, 0.29) is 13.2 Å². The lowest BCUT2D eigenvalue weighted by atomic mass is 10.1. The number of carbonyl (C=O) groups excluding carboxylic acids is 1. The van der Waals surface area contributed by atoms with Crippen LogP contribution < -0.4 is 0 Å². The Kier molecular flexibility index (Phi) is 24.3. The van der Waals surface area contributed by atoms with Gasteiger partial charge in [-0.15, -0.1) is 0 Å². The normalized spacial score (nSPS) is 10.4. The standard InChI is InChI=1S/C18H32O4.C2H6O2/c1-2-3-4-5-6-7-8-9-10-11-12-13-16-22-18(21)15-14-17(19)20;3-1-2-4/h14-15H,2-13,16H2,1H3,(H,19,20);3-4H,1-2H2/b15-14-;. The SMILES string of the molecule is CCCCCCCCCCCCCCOC(=O)/C=C\C(=O)O.OCCO. The second-order valence-electron chi connectivity index (χ2n) is 6.18. The van der Waals surface area contributed by atoms with Crippen molar-refractivity contribution >= 4 is 11.9 Å². The van der Waals surface area contributed by atoms with Crippen LogP contribution in [0.5, 0.6) is 0 Å². The second kappa shape index (κ2) is 23.6. The predicted molar refractivity (Wildman–Crippen MR) is 103 cm³/mol. The number of esters is 1. The Bertz CT molecular complexity index is 339. The van der Waals surface area contributed by atoms with Crippen LogP contribution in [0.25, 0.3) is 0 Å². The predicted octanol–water partition coefficient (Wildman–Crippen LogP) is 3.84. The number of aliphatic hydroxyl groups excluding tert-OH is 2. The molecule has 0 aromatic rings. The average Bonchev–Trinajstić information content (AvgIpc) is 2.64. The van der Waals surface area contributed by atoms with E-state index in [4.69, 9.17) is 20.1 Å². The summed E-state index contributed by atoms with van der Waals surface area (Å²) in [6.07, 6.45) is 16.9. The van der Waals surface area contributed by atoms with Crippen molar-refractivity contribution in [2.75, 3.05) is 19.8 Å². The molecule has 0 aromatic carbocycles. The summed E-state index contributed by atoms with van der Waals surface area (Å²) < 4.78 is 4.90. The molecular weight excluding hydrogens is 336 g/mol. The molecule has 0 rings (SSSR count). The van der Waals surface area contributed by atoms with Gasteiger partial charge in [-0.1, -0.05) is 77.6 Å². The highest BCUT2D eigenvalue weighted by atomic mass is 16.5. The van der Waals surface area contributed by atoms with Gasteiger partial charge in [-0.2, -0.15) is 0 Å². The first-order valence-electron chi connectivity index (χ1n) is 9.87. The molecule has 154 valence electrons. The van der Waals surface area contributed by atoms with Crippen LogP contribution in [0.3, 0.4) is 0 Å². The van der Waals surface area contributed by atoms with E-state index in [1.807, 2.05) is 0 Å². The van der Waals surface area contributed by atoms with Gasteiger partial charge in [0.15, 0.2) is 0 Å². The molecule has 0 aliphatic heterocycles. The Labute approximate surface area is 158 Å². The molecule has 0 aliphatic rings. The molecule has 0 amide bonds. The maximum absolute atomic E-state index is 11.1. The van der Waals surface area contributed by atoms with E-state index < -0.39 is 11.9 Å². The third-order valence-corrected chi connectivity index (χ3v) is 3.70. The number of ether oxygens (including phenoxy) is 1. The van der Waals surface area contributed by atoms with Gasteiger partial charge in [0, 0.05) is 12.2 Å². The number of unbranched alkanes of at least 4 members (excludes halogenated alkanes) is 11. The van der Waals surface area contributed by atoms with Crippen LogP contribution in [0, 0.1) is 0 Å². The number of hydrogen-bond acceptors (Lipinski definition) is 5. The topological polar surface area (TPSA) is 104 Å². The number of hydrogen-bond donors (Lipinski definition) is 3. The molecule has 0 aromatic heterocycles. The van der Waals surface area contributed by atoms with E-state index in [9.17, 15) is 9.59 Å². The van der Waals surface area contributed by atoms with E-state index in [1.165, 1.54) is 64.2 Å². The number of rotatable bonds is 16. The van der Waals surface area contributed by atoms with Crippen LogP contribution in [0.15, 0.2) is 12.2 Å². The van der Waals surface area contributed by atoms with Crippen molar-refractivity contribution in [3.63, 3.8) is 0 Å². The quantitative estimate of drug-likeness (QED) is 0.215. The van der Waals surface area contributed by atoms with Gasteiger partial charge in [-0.05, 0) is 6.42 Å². The molecule has 6 heteroatoms. The van der Waals surface area contributed by atoms with Crippen LogP contribution >= 0.6 is 0 Å². The molecule has 0 radical (unpaired) electrons. The van der Waals surface area contributed by atoms with Gasteiger partial charge in [0.1, 0.15) is 0 Å². The third-order valence-electron chi connectivity index (χ3n) is 3.70. The van der Waals surface area contributed by atoms with Crippen LogP contribution in [0.4, 0.5) is 0 Å². The lowest BCUT2D eigenvalue weighted by molar-refractivity contribution is -0.138. The van der Waals surface area contributed by atoms with Crippen molar-refractivity contribution in [2.24, 2.45) is 0 Å². The first-order valence-corrected chi connectivity index (χ1v) is 9.87. The summed E-state index contributed by atoms with van der Waals surface area (Å²) in [6, 6.07) is 0. The molecule has 26 heavy (non-hydrogen) atoms. The van der Waals surface area contributed by atoms with Gasteiger partial charge in [0.05, 0.1) is 19.8 Å². The first-order chi connectivity index (χ1) is 12.6. The van der Waals surface area contributed by atoms with Crippen molar-refractivity contribution in [1.82, 2.24) is 0 Å². The minimum atomic E-state index is -1.14. The summed E-state index contributed by atoms with van der Waals surface area (Å²) in [5.41, 5.74) is 0. The van der Waals surface area contributed by atoms with Crippen molar-refractivity contribution in [1.29, 1.82) is 0 Å². The molecule has 0 saturated carbocycles. The molecule has 0 spiro atoms. The highest BCUT2D eigenvalue weighted by molar-refractivity contribution is 5.90. The highest BCUT2D eigenvalue weighted by Crippen LogP contribution is 2.11. The fraction of sp³-hybridized carbons (Fsp3) is 0.800. The van der Waals surface area contributed by atoms with Gasteiger partial charge in [0.2, 0.25) is 0 Å². The van der Waals surface area contributed by atoms with E-state index in [0.29, 0.717) is 6.61 Å². The Morgan fingerprint density at radius 2 is 1.15 bits per heavy atom. The number of aliphatic carboxylic acids is 1. The summed E-state index contributed by atoms with van der Waals surface area (Å²) in [5.74, 6) is -1.72. The van der Waals surface area contributed by atoms with Crippen LogP contribution in [0.2, 0.25) is 0 Å². The van der Waals surface area contributed by atoms with Crippen molar-refractivity contribution in [3.05, 3.63) is 12.2 Å². The van der Waals surface area contributed by atoms with Gasteiger partial charge in [0.25, 0.3) is 0 Å². The molecule has 0 aliphatic carbocycles. The van der Waals surface area contributed by atoms with Gasteiger partial charge in [-0.3, -0.25) is 0 Å². The summed E-state index contributed by atoms with van der Waals surface area (Å²) in [6.45, 7) is 2.37. The van der Waals surface area contributed by atoms with E-state index in [1.54, 1.807) is 0 Å². The minimum Gasteiger partial charge on any atom is -0.478 e. The van der Waals surface area contributed by atoms with Crippen molar-refractivity contribution in [3.8, 4) is 0 Å². The first kappa shape index (κ1) is 26.8. The van der Waals surface area contributed by atoms with E-state index in [2.05, 4.69) is 6.92 Å². The van der Waals surface area contributed by atoms with Crippen LogP contribution in [-0.4, -0.2) is 47.1 Å². The molecule has 0 fully saturated rings. The molecule has 6 nitrogen and oxygen atoms in total. The fourth-order valence-corrected chi connectivity index (χ4v) is 2.30. The monoisotopic (exact) mass is 374 g/mol. The highest BCUT2D eigenvalue weighted by Gasteiger charge is 1.98. The van der Waals surface area contributed by atoms with E-state index >= 15 is 0 Å². The Balaban J connectivity index is 0. The van der Waals surface area contributed by atoms with E-state index in [0.717, 1.165) is 25.0 Å². The molecule has 3 N–H and O–H groups in total. The lowest BCUT2D eigenvalue weighted by Crippen LogP contribution is -2.03. The zero-order valence-corrected chi connectivity index (χ0v) is 16.3. The number of carbonyl (C=O) groups is 2. The Morgan fingerprint density at radius 1 is 0.731 bits per heavy atom. The molecule has 0 unspecified atom stereocenters. The van der Waals surface area contributed by atoms with Crippen molar-refractivity contribution < 1.29 is 29.6 Å². The maximum Gasteiger partial charge on any atom is 0.331 e. The largest absolute Gasteiger partial charge is 0.478 e. The zero-order chi connectivity index (χ0) is 19.9. The summed E-state index contributed by atoms with van der Waals surface area (Å²) in [7, 11) is 0. The number of aliphatic hydroxyl groups is 2. The Hall–Kier alpha value is -1.40. The van der Waals surface area contributed by atoms with Crippen LogP contribution in [-0.2, 0) is 14.3 Å². The summed E-state index contributed by atoms with van der Waals surface area (Å²) >= 11 is 0. The molecular formula is C20H38O6. The van der Waals surface area contributed by atoms with Gasteiger partial charge >= 0.3 is 11.9 Å². The lowest BCUT2D eigenvalue weighted by Gasteiger charge is -2.03. The maximum atomic E-state index is 11.1. The average molecular weight is 375 g/mol. The third kappa shape index (κ3) is 27.4. The zero-order valence-electron chi connectivity index (χ0n) is 16.3. The summed E-state index contributed by atoms with van der Waals surface area (Å²) in [5, 5.41) is 23.6. The summed E-state index contributed by atoms with van der Waals surface area (Å²) in [4.78, 5) is 21.3. The smallest absolute Gasteiger partial charge is 0.331 e. The van der Waals surface area contributed by atoms with Crippen molar-refractivity contribution in [2.45, 2.75) is 84.0 Å². The number of carboxylic acid groups (broad SMARTS) is 1.